The largest absolute Gasteiger partial charge is 0.385 e. The molecule has 0 saturated carbocycles. The van der Waals surface area contributed by atoms with E-state index in [0.717, 1.165) is 25.0 Å². The summed E-state index contributed by atoms with van der Waals surface area (Å²) in [6.07, 6.45) is 42.9. The predicted octanol–water partition coefficient (Wildman–Crippen LogP) is 12.9. The van der Waals surface area contributed by atoms with Crippen LogP contribution in [0.4, 0.5) is 0 Å². The van der Waals surface area contributed by atoms with E-state index in [2.05, 4.69) is 44.8 Å². The van der Waals surface area contributed by atoms with Crippen LogP contribution in [0, 0.1) is 11.3 Å². The molecule has 2 atom stereocenters. The Labute approximate surface area is 247 Å². The standard InChI is InChI=1S/C37H72N2/c1-5-8-10-12-14-16-18-20-22-24-26-28-30-32-35(4)39-37(7-3)36(34-38)33-31-29-27-25-23-21-19-17-15-13-11-9-6-2/h31,33-34,36-39H,4-30,32H2,1-3H3/b33-31+,38-34?/t36?,37-/m0/s1. The van der Waals surface area contributed by atoms with Crippen molar-refractivity contribution < 1.29 is 0 Å². The van der Waals surface area contributed by atoms with E-state index in [-0.39, 0.29) is 5.92 Å². The number of hydrogen-bond donors (Lipinski definition) is 2. The van der Waals surface area contributed by atoms with E-state index in [0.29, 0.717) is 6.04 Å². The topological polar surface area (TPSA) is 35.9 Å². The van der Waals surface area contributed by atoms with Crippen LogP contribution in [-0.2, 0) is 0 Å². The predicted molar refractivity (Wildman–Crippen MR) is 179 cm³/mol. The van der Waals surface area contributed by atoms with Gasteiger partial charge in [0.2, 0.25) is 0 Å². The monoisotopic (exact) mass is 545 g/mol. The smallest absolute Gasteiger partial charge is 0.0367 e. The fourth-order valence-electron chi connectivity index (χ4n) is 5.65. The maximum Gasteiger partial charge on any atom is 0.0367 e. The highest BCUT2D eigenvalue weighted by Gasteiger charge is 2.15. The van der Waals surface area contributed by atoms with Gasteiger partial charge in [-0.15, -0.1) is 0 Å². The quantitative estimate of drug-likeness (QED) is 0.0493. The third-order valence-corrected chi connectivity index (χ3v) is 8.40. The molecule has 2 nitrogen and oxygen atoms in total. The molecule has 1 unspecified atom stereocenters. The average molecular weight is 545 g/mol. The van der Waals surface area contributed by atoms with Gasteiger partial charge in [-0.2, -0.15) is 0 Å². The Kier molecular flexibility index (Phi) is 30.6. The minimum absolute atomic E-state index is 0.172. The molecule has 0 aromatic carbocycles. The van der Waals surface area contributed by atoms with E-state index in [9.17, 15) is 0 Å². The Morgan fingerprint density at radius 3 is 1.36 bits per heavy atom. The molecule has 0 aliphatic carbocycles. The molecule has 2 N–H and O–H groups in total. The van der Waals surface area contributed by atoms with Gasteiger partial charge in [0.25, 0.3) is 0 Å². The summed E-state index contributed by atoms with van der Waals surface area (Å²) in [4.78, 5) is 0. The molecule has 0 spiro atoms. The number of unbranched alkanes of at least 4 members (excludes halogenated alkanes) is 23. The number of hydrogen-bond acceptors (Lipinski definition) is 2. The molecule has 0 fully saturated rings. The number of rotatable bonds is 32. The third kappa shape index (κ3) is 26.9. The van der Waals surface area contributed by atoms with Gasteiger partial charge < -0.3 is 10.7 Å². The van der Waals surface area contributed by atoms with Crippen LogP contribution >= 0.6 is 0 Å². The maximum absolute atomic E-state index is 7.97. The molecule has 0 aromatic heterocycles. The lowest BCUT2D eigenvalue weighted by atomic mass is 9.96. The molecule has 2 heteroatoms. The Balaban J connectivity index is 3.77. The van der Waals surface area contributed by atoms with Gasteiger partial charge in [-0.25, -0.2) is 0 Å². The lowest BCUT2D eigenvalue weighted by Gasteiger charge is -2.24. The summed E-state index contributed by atoms with van der Waals surface area (Å²) in [5, 5.41) is 11.6. The van der Waals surface area contributed by atoms with Crippen molar-refractivity contribution in [2.75, 3.05) is 0 Å². The van der Waals surface area contributed by atoms with Crippen LogP contribution in [0.5, 0.6) is 0 Å². The summed E-state index contributed by atoms with van der Waals surface area (Å²) in [6, 6.07) is 0.297. The van der Waals surface area contributed by atoms with Crippen molar-refractivity contribution in [2.24, 2.45) is 5.92 Å². The Hall–Kier alpha value is -1.05. The summed E-state index contributed by atoms with van der Waals surface area (Å²) in [5.41, 5.74) is 1.16. The molecule has 0 rings (SSSR count). The van der Waals surface area contributed by atoms with Crippen LogP contribution in [0.15, 0.2) is 24.4 Å². The molecule has 0 aliphatic heterocycles. The molecule has 0 aliphatic rings. The minimum Gasteiger partial charge on any atom is -0.385 e. The molecule has 39 heavy (non-hydrogen) atoms. The number of nitrogens with one attached hydrogen (secondary N) is 2. The van der Waals surface area contributed by atoms with Crippen molar-refractivity contribution in [1.82, 2.24) is 5.32 Å². The van der Waals surface area contributed by atoms with E-state index in [4.69, 9.17) is 5.41 Å². The fourth-order valence-corrected chi connectivity index (χ4v) is 5.65. The van der Waals surface area contributed by atoms with Gasteiger partial charge in [0.1, 0.15) is 0 Å². The summed E-state index contributed by atoms with van der Waals surface area (Å²) in [6.45, 7) is 11.1. The lowest BCUT2D eigenvalue weighted by Crippen LogP contribution is -2.34. The van der Waals surface area contributed by atoms with Crippen LogP contribution in [0.25, 0.3) is 0 Å². The SMILES string of the molecule is C=C(CCCCCCCCCCCCCCC)N[C@@H](CC)C(C=N)/C=C/CCCCCCCCCCCCC. The zero-order valence-corrected chi connectivity index (χ0v) is 27.2. The second-order valence-corrected chi connectivity index (χ2v) is 12.3. The van der Waals surface area contributed by atoms with Gasteiger partial charge in [0.15, 0.2) is 0 Å². The summed E-state index contributed by atoms with van der Waals surface area (Å²) in [5.74, 6) is 0.172. The number of allylic oxidation sites excluding steroid dienone is 2. The van der Waals surface area contributed by atoms with Gasteiger partial charge in [-0.1, -0.05) is 181 Å². The first-order chi connectivity index (χ1) is 19.2. The van der Waals surface area contributed by atoms with Gasteiger partial charge in [0.05, 0.1) is 0 Å². The van der Waals surface area contributed by atoms with Gasteiger partial charge in [0, 0.05) is 23.9 Å². The van der Waals surface area contributed by atoms with Crippen molar-refractivity contribution in [3.05, 3.63) is 24.4 Å². The average Bonchev–Trinajstić information content (AvgIpc) is 2.94. The molecular formula is C37H72N2. The molecule has 0 saturated heterocycles. The summed E-state index contributed by atoms with van der Waals surface area (Å²) in [7, 11) is 0. The molecule has 0 aromatic rings. The first kappa shape index (κ1) is 38.0. The second-order valence-electron chi connectivity index (χ2n) is 12.3. The first-order valence-corrected chi connectivity index (χ1v) is 17.8. The zero-order valence-electron chi connectivity index (χ0n) is 27.2. The molecule has 0 amide bonds. The van der Waals surface area contributed by atoms with Crippen molar-refractivity contribution in [1.29, 1.82) is 5.41 Å². The molecular weight excluding hydrogens is 472 g/mol. The zero-order chi connectivity index (χ0) is 28.7. The van der Waals surface area contributed by atoms with Crippen LogP contribution in [0.2, 0.25) is 0 Å². The highest BCUT2D eigenvalue weighted by Crippen LogP contribution is 2.16. The highest BCUT2D eigenvalue weighted by molar-refractivity contribution is 5.61. The first-order valence-electron chi connectivity index (χ1n) is 17.8. The van der Waals surface area contributed by atoms with E-state index in [1.165, 1.54) is 154 Å². The third-order valence-electron chi connectivity index (χ3n) is 8.40. The molecule has 230 valence electrons. The van der Waals surface area contributed by atoms with E-state index in [1.807, 2.05) is 0 Å². The lowest BCUT2D eigenvalue weighted by molar-refractivity contribution is 0.487. The van der Waals surface area contributed by atoms with Gasteiger partial charge in [-0.05, 0) is 32.1 Å². The van der Waals surface area contributed by atoms with Crippen LogP contribution in [0.1, 0.15) is 194 Å². The van der Waals surface area contributed by atoms with Crippen LogP contribution < -0.4 is 5.32 Å². The van der Waals surface area contributed by atoms with Gasteiger partial charge >= 0.3 is 0 Å². The van der Waals surface area contributed by atoms with Crippen molar-refractivity contribution in [3.63, 3.8) is 0 Å². The van der Waals surface area contributed by atoms with Gasteiger partial charge in [-0.3, -0.25) is 0 Å². The minimum atomic E-state index is 0.172. The normalized spacial score (nSPS) is 13.1. The Morgan fingerprint density at radius 1 is 0.590 bits per heavy atom. The molecule has 0 heterocycles. The fraction of sp³-hybridized carbons (Fsp3) is 0.865. The van der Waals surface area contributed by atoms with E-state index < -0.39 is 0 Å². The van der Waals surface area contributed by atoms with E-state index in [1.54, 1.807) is 6.21 Å². The maximum atomic E-state index is 7.97. The molecule has 0 bridgehead atoms. The van der Waals surface area contributed by atoms with Crippen molar-refractivity contribution >= 4 is 6.21 Å². The summed E-state index contributed by atoms with van der Waals surface area (Å²) >= 11 is 0. The molecule has 0 radical (unpaired) electrons. The Morgan fingerprint density at radius 2 is 0.974 bits per heavy atom. The highest BCUT2D eigenvalue weighted by atomic mass is 14.9. The van der Waals surface area contributed by atoms with Crippen molar-refractivity contribution in [3.8, 4) is 0 Å². The second kappa shape index (κ2) is 31.5. The summed E-state index contributed by atoms with van der Waals surface area (Å²) < 4.78 is 0. The Bertz CT molecular complexity index is 538. The van der Waals surface area contributed by atoms with E-state index >= 15 is 0 Å². The van der Waals surface area contributed by atoms with Crippen molar-refractivity contribution in [2.45, 2.75) is 200 Å². The van der Waals surface area contributed by atoms with Crippen LogP contribution in [0.3, 0.4) is 0 Å². The van der Waals surface area contributed by atoms with Crippen LogP contribution in [-0.4, -0.2) is 12.3 Å².